The van der Waals surface area contributed by atoms with E-state index in [0.29, 0.717) is 28.9 Å². The summed E-state index contributed by atoms with van der Waals surface area (Å²) in [6.45, 7) is 4.21. The largest absolute Gasteiger partial charge is 0.481 e. The van der Waals surface area contributed by atoms with Crippen molar-refractivity contribution in [1.29, 1.82) is 0 Å². The first kappa shape index (κ1) is 20.7. The van der Waals surface area contributed by atoms with Crippen molar-refractivity contribution < 1.29 is 14.3 Å². The van der Waals surface area contributed by atoms with Crippen molar-refractivity contribution in [3.8, 4) is 5.75 Å². The van der Waals surface area contributed by atoms with E-state index in [2.05, 4.69) is 5.32 Å². The van der Waals surface area contributed by atoms with Gasteiger partial charge in [-0.15, -0.1) is 0 Å². The van der Waals surface area contributed by atoms with E-state index in [-0.39, 0.29) is 17.9 Å². The summed E-state index contributed by atoms with van der Waals surface area (Å²) >= 11 is 6.07. The van der Waals surface area contributed by atoms with E-state index in [1.807, 2.05) is 42.2 Å². The minimum Gasteiger partial charge on any atom is -0.481 e. The quantitative estimate of drug-likeness (QED) is 0.676. The molecule has 0 saturated heterocycles. The third-order valence-electron chi connectivity index (χ3n) is 5.54. The van der Waals surface area contributed by atoms with Gasteiger partial charge in [0.1, 0.15) is 5.75 Å². The summed E-state index contributed by atoms with van der Waals surface area (Å²) in [7, 11) is 0. The Bertz CT molecular complexity index is 936. The van der Waals surface area contributed by atoms with Gasteiger partial charge in [0.25, 0.3) is 11.8 Å². The number of carbonyl (C=O) groups excluding carboxylic acids is 2. The van der Waals surface area contributed by atoms with Crippen LogP contribution in [0.3, 0.4) is 0 Å². The summed E-state index contributed by atoms with van der Waals surface area (Å²) < 4.78 is 5.90. The number of rotatable bonds is 8. The Morgan fingerprint density at radius 3 is 2.43 bits per heavy atom. The number of aryl methyl sites for hydroxylation is 1. The topological polar surface area (TPSA) is 58.6 Å². The third-order valence-corrected chi connectivity index (χ3v) is 5.97. The highest BCUT2D eigenvalue weighted by molar-refractivity contribution is 6.31. The van der Waals surface area contributed by atoms with Crippen LogP contribution in [0.5, 0.6) is 5.75 Å². The highest BCUT2D eigenvalue weighted by atomic mass is 35.5. The standard InChI is InChI=1S/C24H27ClN2O3/c1-15-13-21(11-12-22(15)25)30-16(2)24(29)27(20-9-10-20)14-17-3-5-18(6-4-17)23(28)26-19-7-8-19/h3-6,11-13,16,19-20H,7-10,14H2,1-2H3,(H,26,28). The lowest BCUT2D eigenvalue weighted by Gasteiger charge is -2.26. The molecule has 0 aromatic heterocycles. The zero-order valence-corrected chi connectivity index (χ0v) is 18.1. The van der Waals surface area contributed by atoms with Crippen LogP contribution in [-0.2, 0) is 11.3 Å². The van der Waals surface area contributed by atoms with Crippen molar-refractivity contribution >= 4 is 23.4 Å². The highest BCUT2D eigenvalue weighted by Crippen LogP contribution is 2.30. The summed E-state index contributed by atoms with van der Waals surface area (Å²) in [5.41, 5.74) is 2.58. The van der Waals surface area contributed by atoms with Crippen molar-refractivity contribution in [3.63, 3.8) is 0 Å². The Labute approximate surface area is 182 Å². The monoisotopic (exact) mass is 426 g/mol. The van der Waals surface area contributed by atoms with Crippen LogP contribution < -0.4 is 10.1 Å². The maximum Gasteiger partial charge on any atom is 0.263 e. The molecule has 0 bridgehead atoms. The van der Waals surface area contributed by atoms with E-state index in [9.17, 15) is 9.59 Å². The number of nitrogens with zero attached hydrogens (tertiary/aromatic N) is 1. The Morgan fingerprint density at radius 2 is 1.83 bits per heavy atom. The van der Waals surface area contributed by atoms with Crippen molar-refractivity contribution in [2.45, 2.75) is 64.3 Å². The van der Waals surface area contributed by atoms with Gasteiger partial charge in [0.05, 0.1) is 0 Å². The number of hydrogen-bond acceptors (Lipinski definition) is 3. The molecular formula is C24H27ClN2O3. The number of carbonyl (C=O) groups is 2. The zero-order chi connectivity index (χ0) is 21.3. The molecule has 1 N–H and O–H groups in total. The minimum atomic E-state index is -0.588. The molecule has 30 heavy (non-hydrogen) atoms. The second kappa shape index (κ2) is 8.68. The molecule has 0 aliphatic heterocycles. The summed E-state index contributed by atoms with van der Waals surface area (Å²) in [5, 5.41) is 3.67. The molecule has 0 spiro atoms. The van der Waals surface area contributed by atoms with Crippen LogP contribution in [0.1, 0.15) is 54.1 Å². The lowest BCUT2D eigenvalue weighted by molar-refractivity contribution is -0.139. The van der Waals surface area contributed by atoms with Crippen molar-refractivity contribution in [3.05, 3.63) is 64.2 Å². The fourth-order valence-electron chi connectivity index (χ4n) is 3.41. The summed E-state index contributed by atoms with van der Waals surface area (Å²) in [6.07, 6.45) is 3.58. The Morgan fingerprint density at radius 1 is 1.13 bits per heavy atom. The molecule has 4 rings (SSSR count). The van der Waals surface area contributed by atoms with E-state index in [4.69, 9.17) is 16.3 Å². The number of benzene rings is 2. The predicted octanol–water partition coefficient (Wildman–Crippen LogP) is 4.50. The molecule has 158 valence electrons. The summed E-state index contributed by atoms with van der Waals surface area (Å²) in [5.74, 6) is 0.583. The van der Waals surface area contributed by atoms with Gasteiger partial charge in [0.2, 0.25) is 0 Å². The van der Waals surface area contributed by atoms with Crippen LogP contribution in [0.25, 0.3) is 0 Å². The SMILES string of the molecule is Cc1cc(OC(C)C(=O)N(Cc2ccc(C(=O)NC3CC3)cc2)C2CC2)ccc1Cl. The van der Waals surface area contributed by atoms with Crippen LogP contribution >= 0.6 is 11.6 Å². The minimum absolute atomic E-state index is 0.0272. The predicted molar refractivity (Wildman–Crippen MR) is 117 cm³/mol. The lowest BCUT2D eigenvalue weighted by Crippen LogP contribution is -2.41. The van der Waals surface area contributed by atoms with Gasteiger partial charge in [-0.2, -0.15) is 0 Å². The van der Waals surface area contributed by atoms with E-state index in [0.717, 1.165) is 36.8 Å². The smallest absolute Gasteiger partial charge is 0.263 e. The first-order chi connectivity index (χ1) is 14.4. The van der Waals surface area contributed by atoms with Gasteiger partial charge in [-0.1, -0.05) is 23.7 Å². The number of amides is 2. The van der Waals surface area contributed by atoms with Gasteiger partial charge in [-0.25, -0.2) is 0 Å². The maximum absolute atomic E-state index is 13.1. The molecule has 1 atom stereocenters. The van der Waals surface area contributed by atoms with Crippen LogP contribution in [-0.4, -0.2) is 34.9 Å². The van der Waals surface area contributed by atoms with Gasteiger partial charge in [-0.05, 0) is 81.0 Å². The molecule has 2 aliphatic carbocycles. The highest BCUT2D eigenvalue weighted by Gasteiger charge is 2.35. The Hall–Kier alpha value is -2.53. The van der Waals surface area contributed by atoms with Crippen LogP contribution in [0, 0.1) is 6.92 Å². The van der Waals surface area contributed by atoms with Crippen LogP contribution in [0.4, 0.5) is 0 Å². The fraction of sp³-hybridized carbons (Fsp3) is 0.417. The molecular weight excluding hydrogens is 400 g/mol. The molecule has 2 aromatic carbocycles. The van der Waals surface area contributed by atoms with Crippen molar-refractivity contribution in [2.75, 3.05) is 0 Å². The molecule has 2 aliphatic rings. The van der Waals surface area contributed by atoms with Crippen LogP contribution in [0.2, 0.25) is 5.02 Å². The fourth-order valence-corrected chi connectivity index (χ4v) is 3.52. The summed E-state index contributed by atoms with van der Waals surface area (Å²) in [4.78, 5) is 27.2. The van der Waals surface area contributed by atoms with Crippen LogP contribution in [0.15, 0.2) is 42.5 Å². The van der Waals surface area contributed by atoms with Crippen molar-refractivity contribution in [2.24, 2.45) is 0 Å². The Balaban J connectivity index is 1.39. The molecule has 0 heterocycles. The molecule has 2 amide bonds. The molecule has 6 heteroatoms. The molecule has 2 saturated carbocycles. The van der Waals surface area contributed by atoms with Gasteiger partial charge in [0, 0.05) is 29.2 Å². The van der Waals surface area contributed by atoms with Gasteiger partial charge < -0.3 is 15.0 Å². The van der Waals surface area contributed by atoms with E-state index < -0.39 is 6.10 Å². The first-order valence-corrected chi connectivity index (χ1v) is 10.9. The zero-order valence-electron chi connectivity index (χ0n) is 17.4. The Kier molecular flexibility index (Phi) is 6.00. The number of hydrogen-bond donors (Lipinski definition) is 1. The summed E-state index contributed by atoms with van der Waals surface area (Å²) in [6, 6.07) is 13.5. The van der Waals surface area contributed by atoms with Gasteiger partial charge in [-0.3, -0.25) is 9.59 Å². The number of halogens is 1. The third kappa shape index (κ3) is 5.14. The van der Waals surface area contributed by atoms with E-state index in [1.54, 1.807) is 19.1 Å². The lowest BCUT2D eigenvalue weighted by atomic mass is 10.1. The average molecular weight is 427 g/mol. The second-order valence-corrected chi connectivity index (χ2v) is 8.72. The molecule has 5 nitrogen and oxygen atoms in total. The van der Waals surface area contributed by atoms with Crippen molar-refractivity contribution in [1.82, 2.24) is 10.2 Å². The molecule has 2 aromatic rings. The average Bonchev–Trinajstić information content (AvgIpc) is 3.64. The second-order valence-electron chi connectivity index (χ2n) is 8.31. The molecule has 1 unspecified atom stereocenters. The maximum atomic E-state index is 13.1. The molecule has 0 radical (unpaired) electrons. The van der Waals surface area contributed by atoms with E-state index in [1.165, 1.54) is 0 Å². The van der Waals surface area contributed by atoms with Gasteiger partial charge >= 0.3 is 0 Å². The van der Waals surface area contributed by atoms with Gasteiger partial charge in [0.15, 0.2) is 6.10 Å². The molecule has 2 fully saturated rings. The van der Waals surface area contributed by atoms with E-state index >= 15 is 0 Å². The normalized spacial score (nSPS) is 16.6. The first-order valence-electron chi connectivity index (χ1n) is 10.5. The number of ether oxygens (including phenoxy) is 1. The number of nitrogens with one attached hydrogen (secondary N) is 1.